The molecule has 4 nitrogen and oxygen atoms in total. The quantitative estimate of drug-likeness (QED) is 0.864. The molecule has 128 valence electrons. The van der Waals surface area contributed by atoms with Crippen molar-refractivity contribution in [1.29, 1.82) is 0 Å². The molecule has 0 aliphatic heterocycles. The van der Waals surface area contributed by atoms with Gasteiger partial charge in [0.15, 0.2) is 11.5 Å². The van der Waals surface area contributed by atoms with Crippen LogP contribution in [-0.4, -0.2) is 20.1 Å². The van der Waals surface area contributed by atoms with Crippen LogP contribution in [0.1, 0.15) is 36.1 Å². The third kappa shape index (κ3) is 3.13. The SMILES string of the molecule is COc1ccc(C2(C(=O)NCc3cccs3)CCCC2)cc1OC. The first kappa shape index (κ1) is 16.8. The van der Waals surface area contributed by atoms with Crippen LogP contribution >= 0.6 is 11.3 Å². The number of hydrogen-bond donors (Lipinski definition) is 1. The molecule has 1 heterocycles. The Kier molecular flexibility index (Phi) is 5.09. The van der Waals surface area contributed by atoms with Crippen LogP contribution < -0.4 is 14.8 Å². The summed E-state index contributed by atoms with van der Waals surface area (Å²) < 4.78 is 10.7. The van der Waals surface area contributed by atoms with Gasteiger partial charge in [0.1, 0.15) is 0 Å². The van der Waals surface area contributed by atoms with Gasteiger partial charge in [0.25, 0.3) is 0 Å². The van der Waals surface area contributed by atoms with E-state index in [4.69, 9.17) is 9.47 Å². The van der Waals surface area contributed by atoms with Gasteiger partial charge in [-0.05, 0) is 42.0 Å². The molecule has 1 N–H and O–H groups in total. The van der Waals surface area contributed by atoms with Crippen LogP contribution in [0.2, 0.25) is 0 Å². The highest BCUT2D eigenvalue weighted by molar-refractivity contribution is 7.09. The molecule has 3 rings (SSSR count). The molecule has 2 aromatic rings. The molecule has 0 unspecified atom stereocenters. The Hall–Kier alpha value is -2.01. The number of thiophene rings is 1. The molecule has 0 atom stereocenters. The van der Waals surface area contributed by atoms with Gasteiger partial charge in [0.05, 0.1) is 26.2 Å². The largest absolute Gasteiger partial charge is 0.493 e. The number of methoxy groups -OCH3 is 2. The Bertz CT molecular complexity index is 691. The van der Waals surface area contributed by atoms with Crippen molar-refractivity contribution in [1.82, 2.24) is 5.32 Å². The minimum absolute atomic E-state index is 0.112. The number of ether oxygens (including phenoxy) is 2. The molecule has 1 fully saturated rings. The van der Waals surface area contributed by atoms with Crippen LogP contribution in [0.3, 0.4) is 0 Å². The first-order valence-corrected chi connectivity index (χ1v) is 9.11. The van der Waals surface area contributed by atoms with Crippen molar-refractivity contribution in [3.8, 4) is 11.5 Å². The number of carbonyl (C=O) groups excluding carboxylic acids is 1. The van der Waals surface area contributed by atoms with E-state index in [9.17, 15) is 4.79 Å². The van der Waals surface area contributed by atoms with Crippen molar-refractivity contribution in [2.45, 2.75) is 37.6 Å². The fraction of sp³-hybridized carbons (Fsp3) is 0.421. The third-order valence-corrected chi connectivity index (χ3v) is 5.71. The summed E-state index contributed by atoms with van der Waals surface area (Å²) in [6.07, 6.45) is 3.89. The Morgan fingerprint density at radius 2 is 1.92 bits per heavy atom. The van der Waals surface area contributed by atoms with E-state index < -0.39 is 5.41 Å². The summed E-state index contributed by atoms with van der Waals surface area (Å²) in [4.78, 5) is 14.2. The lowest BCUT2D eigenvalue weighted by molar-refractivity contribution is -0.126. The second kappa shape index (κ2) is 7.26. The van der Waals surface area contributed by atoms with E-state index in [1.165, 1.54) is 4.88 Å². The van der Waals surface area contributed by atoms with E-state index in [-0.39, 0.29) is 5.91 Å². The predicted molar refractivity (Wildman–Crippen MR) is 95.9 cm³/mol. The highest BCUT2D eigenvalue weighted by atomic mass is 32.1. The fourth-order valence-electron chi connectivity index (χ4n) is 3.51. The molecule has 0 saturated heterocycles. The number of rotatable bonds is 6. The number of benzene rings is 1. The molecule has 1 aromatic heterocycles. The van der Waals surface area contributed by atoms with Crippen LogP contribution in [0.5, 0.6) is 11.5 Å². The Morgan fingerprint density at radius 3 is 2.54 bits per heavy atom. The highest BCUT2D eigenvalue weighted by Crippen LogP contribution is 2.44. The number of hydrogen-bond acceptors (Lipinski definition) is 4. The molecule has 24 heavy (non-hydrogen) atoms. The Balaban J connectivity index is 1.86. The van der Waals surface area contributed by atoms with Crippen LogP contribution in [0.4, 0.5) is 0 Å². The topological polar surface area (TPSA) is 47.6 Å². The lowest BCUT2D eigenvalue weighted by Gasteiger charge is -2.29. The van der Waals surface area contributed by atoms with Gasteiger partial charge in [-0.3, -0.25) is 4.79 Å². The normalized spacial score (nSPS) is 15.9. The van der Waals surface area contributed by atoms with Gasteiger partial charge in [-0.25, -0.2) is 0 Å². The van der Waals surface area contributed by atoms with Gasteiger partial charge in [-0.1, -0.05) is 25.0 Å². The maximum atomic E-state index is 13.0. The zero-order valence-corrected chi connectivity index (χ0v) is 14.9. The average Bonchev–Trinajstić information content (AvgIpc) is 3.31. The van der Waals surface area contributed by atoms with Crippen LogP contribution in [-0.2, 0) is 16.8 Å². The van der Waals surface area contributed by atoms with Gasteiger partial charge >= 0.3 is 0 Å². The maximum Gasteiger partial charge on any atom is 0.230 e. The third-order valence-electron chi connectivity index (χ3n) is 4.83. The second-order valence-corrected chi connectivity index (χ2v) is 7.15. The van der Waals surface area contributed by atoms with Gasteiger partial charge in [-0.2, -0.15) is 0 Å². The van der Waals surface area contributed by atoms with Crippen molar-refractivity contribution in [3.05, 3.63) is 46.2 Å². The van der Waals surface area contributed by atoms with E-state index in [1.807, 2.05) is 35.7 Å². The molecule has 1 aliphatic rings. The second-order valence-electron chi connectivity index (χ2n) is 6.12. The van der Waals surface area contributed by atoms with Gasteiger partial charge in [0, 0.05) is 4.88 Å². The fourth-order valence-corrected chi connectivity index (χ4v) is 4.15. The molecule has 1 aliphatic carbocycles. The van der Waals surface area contributed by atoms with Crippen molar-refractivity contribution in [3.63, 3.8) is 0 Å². The standard InChI is InChI=1S/C19H23NO3S/c1-22-16-8-7-14(12-17(16)23-2)19(9-3-4-10-19)18(21)20-13-15-6-5-11-24-15/h5-8,11-12H,3-4,9-10,13H2,1-2H3,(H,20,21). The van der Waals surface area contributed by atoms with E-state index in [2.05, 4.69) is 5.32 Å². The summed E-state index contributed by atoms with van der Waals surface area (Å²) in [7, 11) is 3.25. The number of nitrogens with one attached hydrogen (secondary N) is 1. The predicted octanol–water partition coefficient (Wildman–Crippen LogP) is 3.89. The van der Waals surface area contributed by atoms with Crippen molar-refractivity contribution >= 4 is 17.2 Å². The zero-order valence-electron chi connectivity index (χ0n) is 14.1. The van der Waals surface area contributed by atoms with E-state index in [0.29, 0.717) is 18.0 Å². The van der Waals surface area contributed by atoms with Crippen molar-refractivity contribution in [2.75, 3.05) is 14.2 Å². The Morgan fingerprint density at radius 1 is 1.17 bits per heavy atom. The maximum absolute atomic E-state index is 13.0. The highest BCUT2D eigenvalue weighted by Gasteiger charge is 2.43. The summed E-state index contributed by atoms with van der Waals surface area (Å²) in [5.74, 6) is 1.47. The van der Waals surface area contributed by atoms with Crippen LogP contribution in [0.15, 0.2) is 35.7 Å². The minimum Gasteiger partial charge on any atom is -0.493 e. The van der Waals surface area contributed by atoms with Crippen LogP contribution in [0.25, 0.3) is 0 Å². The number of amides is 1. The van der Waals surface area contributed by atoms with Gasteiger partial charge in [0.2, 0.25) is 5.91 Å². The molecule has 1 aromatic carbocycles. The lowest BCUT2D eigenvalue weighted by Crippen LogP contribution is -2.42. The van der Waals surface area contributed by atoms with E-state index >= 15 is 0 Å². The van der Waals surface area contributed by atoms with E-state index in [1.54, 1.807) is 25.6 Å². The zero-order chi connectivity index (χ0) is 17.0. The molecule has 1 saturated carbocycles. The molecule has 0 radical (unpaired) electrons. The lowest BCUT2D eigenvalue weighted by atomic mass is 9.77. The van der Waals surface area contributed by atoms with Crippen LogP contribution in [0, 0.1) is 0 Å². The smallest absolute Gasteiger partial charge is 0.230 e. The summed E-state index contributed by atoms with van der Waals surface area (Å²) in [5, 5.41) is 5.16. The molecule has 0 bridgehead atoms. The summed E-state index contributed by atoms with van der Waals surface area (Å²) in [6, 6.07) is 9.89. The van der Waals surface area contributed by atoms with Gasteiger partial charge in [-0.15, -0.1) is 11.3 Å². The molecule has 1 amide bonds. The summed E-state index contributed by atoms with van der Waals surface area (Å²) >= 11 is 1.66. The van der Waals surface area contributed by atoms with Crippen molar-refractivity contribution < 1.29 is 14.3 Å². The first-order chi connectivity index (χ1) is 11.7. The monoisotopic (exact) mass is 345 g/mol. The summed E-state index contributed by atoms with van der Waals surface area (Å²) in [5.41, 5.74) is 0.554. The molecule has 5 heteroatoms. The average molecular weight is 345 g/mol. The molecular formula is C19H23NO3S. The minimum atomic E-state index is -0.461. The van der Waals surface area contributed by atoms with Gasteiger partial charge < -0.3 is 14.8 Å². The molecule has 0 spiro atoms. The number of carbonyl (C=O) groups is 1. The summed E-state index contributed by atoms with van der Waals surface area (Å²) in [6.45, 7) is 0.589. The molecular weight excluding hydrogens is 322 g/mol. The van der Waals surface area contributed by atoms with Crippen molar-refractivity contribution in [2.24, 2.45) is 0 Å². The first-order valence-electron chi connectivity index (χ1n) is 8.23. The van der Waals surface area contributed by atoms with E-state index in [0.717, 1.165) is 31.2 Å². The Labute approximate surface area is 146 Å².